The highest BCUT2D eigenvalue weighted by Gasteiger charge is 2.29. The van der Waals surface area contributed by atoms with Gasteiger partial charge in [-0.3, -0.25) is 0 Å². The van der Waals surface area contributed by atoms with Gasteiger partial charge in [0.15, 0.2) is 0 Å². The smallest absolute Gasteiger partial charge is 0.0560 e. The van der Waals surface area contributed by atoms with Gasteiger partial charge in [0.05, 0.1) is 12.4 Å². The van der Waals surface area contributed by atoms with E-state index in [0.717, 1.165) is 6.42 Å². The van der Waals surface area contributed by atoms with Crippen LogP contribution in [0.4, 0.5) is 0 Å². The lowest BCUT2D eigenvalue weighted by molar-refractivity contribution is 0.486. The molecule has 2 heteroatoms. The van der Waals surface area contributed by atoms with Gasteiger partial charge < -0.3 is 4.18 Å². The van der Waals surface area contributed by atoms with E-state index in [1.807, 2.05) is 0 Å². The van der Waals surface area contributed by atoms with Crippen LogP contribution in [0.25, 0.3) is 0 Å². The maximum Gasteiger partial charge on any atom is 0.0560 e. The summed E-state index contributed by atoms with van der Waals surface area (Å²) in [7, 11) is 1.70. The molecule has 0 bridgehead atoms. The van der Waals surface area contributed by atoms with Gasteiger partial charge in [-0.15, -0.1) is 0 Å². The number of hydrogen-bond acceptors (Lipinski definition) is 2. The molecule has 0 aliphatic heterocycles. The van der Waals surface area contributed by atoms with E-state index in [1.165, 1.54) is 23.2 Å². The second kappa shape index (κ2) is 3.46. The minimum atomic E-state index is 0.433. The monoisotopic (exact) mass is 170 g/mol. The van der Waals surface area contributed by atoms with Crippen LogP contribution in [0.15, 0.2) is 24.3 Å². The summed E-state index contributed by atoms with van der Waals surface area (Å²) in [5, 5.41) is 0.433. The van der Waals surface area contributed by atoms with Gasteiger partial charge in [0.1, 0.15) is 0 Å². The third-order valence-corrected chi connectivity index (χ3v) is 3.14. The fourth-order valence-electron chi connectivity index (χ4n) is 1.30. The third kappa shape index (κ3) is 1.68. The van der Waals surface area contributed by atoms with Crippen molar-refractivity contribution >= 4 is 12.0 Å². The Balaban J connectivity index is 2.60. The highest BCUT2D eigenvalue weighted by molar-refractivity contribution is 7.95. The molecule has 0 heterocycles. The maximum absolute atomic E-state index is 5.01. The van der Waals surface area contributed by atoms with Gasteiger partial charge in [-0.25, -0.2) is 0 Å². The van der Waals surface area contributed by atoms with E-state index in [-0.39, 0.29) is 0 Å². The van der Waals surface area contributed by atoms with Crippen LogP contribution in [0.3, 0.4) is 0 Å². The van der Waals surface area contributed by atoms with Crippen LogP contribution in [-0.2, 0) is 4.18 Å². The summed E-state index contributed by atoms with van der Waals surface area (Å²) in [6.07, 6.45) is 1.03. The predicted molar refractivity (Wildman–Crippen MR) is 50.4 cm³/mol. The summed E-state index contributed by atoms with van der Waals surface area (Å²) in [6.45, 7) is 10.2. The molecule has 1 saturated carbocycles. The maximum atomic E-state index is 5.01. The molecule has 0 N–H and O–H groups in total. The minimum absolute atomic E-state index is 0.433. The standard InChI is InChI=1S/C9H14OS/c1-6-5-9(11-10-4)8(3)7(6)2/h7,9H,1,3,5H2,2,4H3/t7-,9?/m1/s1. The number of rotatable bonds is 2. The topological polar surface area (TPSA) is 9.23 Å². The second-order valence-corrected chi connectivity index (χ2v) is 4.01. The van der Waals surface area contributed by atoms with E-state index < -0.39 is 0 Å². The lowest BCUT2D eigenvalue weighted by Gasteiger charge is -2.08. The molecule has 1 fully saturated rings. The molecular weight excluding hydrogens is 156 g/mol. The molecule has 0 aromatic carbocycles. The summed E-state index contributed by atoms with van der Waals surface area (Å²) in [5.74, 6) is 0.475. The Labute approximate surface area is 72.7 Å². The minimum Gasteiger partial charge on any atom is -0.318 e. The molecule has 1 aliphatic rings. The fraction of sp³-hybridized carbons (Fsp3) is 0.556. The van der Waals surface area contributed by atoms with Crippen LogP contribution in [0.2, 0.25) is 0 Å². The van der Waals surface area contributed by atoms with Crippen molar-refractivity contribution in [3.05, 3.63) is 24.3 Å². The highest BCUT2D eigenvalue weighted by Crippen LogP contribution is 2.40. The van der Waals surface area contributed by atoms with Gasteiger partial charge in [-0.1, -0.05) is 31.2 Å². The van der Waals surface area contributed by atoms with Gasteiger partial charge in [-0.2, -0.15) is 0 Å². The summed E-state index contributed by atoms with van der Waals surface area (Å²) < 4.78 is 5.01. The van der Waals surface area contributed by atoms with Crippen molar-refractivity contribution in [3.8, 4) is 0 Å². The van der Waals surface area contributed by atoms with Gasteiger partial charge in [-0.05, 0) is 24.4 Å². The Morgan fingerprint density at radius 3 is 2.55 bits per heavy atom. The SMILES string of the molecule is C=C1CC(SOC)C(=C)[C@@H]1C. The summed E-state index contributed by atoms with van der Waals surface area (Å²) in [6, 6.07) is 0. The molecule has 0 spiro atoms. The predicted octanol–water partition coefficient (Wildman–Crippen LogP) is 2.80. The summed E-state index contributed by atoms with van der Waals surface area (Å²) in [5.41, 5.74) is 2.53. The molecule has 0 radical (unpaired) electrons. The third-order valence-electron chi connectivity index (χ3n) is 2.24. The zero-order chi connectivity index (χ0) is 8.43. The van der Waals surface area contributed by atoms with Crippen molar-refractivity contribution in [1.29, 1.82) is 0 Å². The zero-order valence-corrected chi connectivity index (χ0v) is 7.91. The fourth-order valence-corrected chi connectivity index (χ4v) is 2.14. The molecule has 0 aromatic rings. The molecule has 1 aliphatic carbocycles. The number of hydrogen-bond donors (Lipinski definition) is 0. The van der Waals surface area contributed by atoms with E-state index in [2.05, 4.69) is 20.1 Å². The van der Waals surface area contributed by atoms with Crippen LogP contribution < -0.4 is 0 Å². The van der Waals surface area contributed by atoms with Gasteiger partial charge in [0, 0.05) is 0 Å². The first-order chi connectivity index (χ1) is 5.16. The summed E-state index contributed by atoms with van der Waals surface area (Å²) in [4.78, 5) is 0. The van der Waals surface area contributed by atoms with E-state index >= 15 is 0 Å². The average Bonchev–Trinajstić information content (AvgIpc) is 2.19. The van der Waals surface area contributed by atoms with Crippen LogP contribution in [0.1, 0.15) is 13.3 Å². The van der Waals surface area contributed by atoms with E-state index in [0.29, 0.717) is 11.2 Å². The van der Waals surface area contributed by atoms with Crippen molar-refractivity contribution in [3.63, 3.8) is 0 Å². The van der Waals surface area contributed by atoms with Gasteiger partial charge >= 0.3 is 0 Å². The Morgan fingerprint density at radius 1 is 1.55 bits per heavy atom. The van der Waals surface area contributed by atoms with Crippen molar-refractivity contribution in [1.82, 2.24) is 0 Å². The molecule has 62 valence electrons. The zero-order valence-electron chi connectivity index (χ0n) is 7.09. The van der Waals surface area contributed by atoms with E-state index in [4.69, 9.17) is 4.18 Å². The van der Waals surface area contributed by atoms with Crippen LogP contribution >= 0.6 is 12.0 Å². The van der Waals surface area contributed by atoms with Crippen LogP contribution in [-0.4, -0.2) is 12.4 Å². The van der Waals surface area contributed by atoms with Gasteiger partial charge in [0.25, 0.3) is 0 Å². The Morgan fingerprint density at radius 2 is 2.18 bits per heavy atom. The Hall–Kier alpha value is -0.210. The van der Waals surface area contributed by atoms with Gasteiger partial charge in [0.2, 0.25) is 0 Å². The van der Waals surface area contributed by atoms with Crippen LogP contribution in [0, 0.1) is 5.92 Å². The van der Waals surface area contributed by atoms with Crippen molar-refractivity contribution in [2.24, 2.45) is 5.92 Å². The van der Waals surface area contributed by atoms with Crippen molar-refractivity contribution in [2.75, 3.05) is 7.11 Å². The molecule has 1 unspecified atom stereocenters. The molecule has 1 nitrogen and oxygen atoms in total. The lowest BCUT2D eigenvalue weighted by Crippen LogP contribution is -1.99. The Kier molecular flexibility index (Phi) is 2.79. The molecule has 2 atom stereocenters. The average molecular weight is 170 g/mol. The second-order valence-electron chi connectivity index (χ2n) is 2.91. The molecule has 0 saturated heterocycles. The van der Waals surface area contributed by atoms with Crippen LogP contribution in [0.5, 0.6) is 0 Å². The summed E-state index contributed by atoms with van der Waals surface area (Å²) >= 11 is 1.49. The van der Waals surface area contributed by atoms with Crippen molar-refractivity contribution in [2.45, 2.75) is 18.6 Å². The first-order valence-corrected chi connectivity index (χ1v) is 4.53. The highest BCUT2D eigenvalue weighted by atomic mass is 32.2. The van der Waals surface area contributed by atoms with E-state index in [1.54, 1.807) is 7.11 Å². The largest absolute Gasteiger partial charge is 0.318 e. The quantitative estimate of drug-likeness (QED) is 0.465. The lowest BCUT2D eigenvalue weighted by atomic mass is 10.0. The normalized spacial score (nSPS) is 31.5. The van der Waals surface area contributed by atoms with E-state index in [9.17, 15) is 0 Å². The molecule has 0 aromatic heterocycles. The first kappa shape index (κ1) is 8.88. The first-order valence-electron chi connectivity index (χ1n) is 3.72. The molecular formula is C9H14OS. The molecule has 0 amide bonds. The van der Waals surface area contributed by atoms with Crippen molar-refractivity contribution < 1.29 is 4.18 Å². The Bertz CT molecular complexity index is 186. The molecule has 1 rings (SSSR count). The number of allylic oxidation sites excluding steroid dienone is 1. The molecule has 11 heavy (non-hydrogen) atoms.